The number of hydrogen-bond acceptors (Lipinski definition) is 4. The number of methoxy groups -OCH3 is 2. The summed E-state index contributed by atoms with van der Waals surface area (Å²) in [5, 5.41) is 0. The molecule has 5 nitrogen and oxygen atoms in total. The number of nitrogens with zero attached hydrogens (tertiary/aromatic N) is 1. The van der Waals surface area contributed by atoms with Gasteiger partial charge in [0, 0.05) is 41.0 Å². The lowest BCUT2D eigenvalue weighted by Crippen LogP contribution is -2.41. The molecule has 1 saturated heterocycles. The highest BCUT2D eigenvalue weighted by atomic mass is 32.2. The average molecular weight is 283 g/mol. The summed E-state index contributed by atoms with van der Waals surface area (Å²) in [5.74, 6) is 2.18. The first-order valence-electron chi connectivity index (χ1n) is 6.02. The molecule has 1 heterocycles. The van der Waals surface area contributed by atoms with Crippen molar-refractivity contribution < 1.29 is 18.5 Å². The molecule has 1 aromatic carbocycles. The Kier molecular flexibility index (Phi) is 4.42. The molecule has 0 aromatic heterocycles. The van der Waals surface area contributed by atoms with Gasteiger partial charge in [-0.05, 0) is 18.2 Å². The fourth-order valence-corrected chi connectivity index (χ4v) is 3.04. The SMILES string of the molecule is COc1ccc(C(=O)N2CCS(=O)CC2)cc1OC. The molecule has 1 amide bonds. The molecule has 0 atom stereocenters. The van der Waals surface area contributed by atoms with Crippen LogP contribution in [-0.4, -0.2) is 53.8 Å². The molecule has 6 heteroatoms. The summed E-state index contributed by atoms with van der Waals surface area (Å²) in [6, 6.07) is 5.11. The Balaban J connectivity index is 2.17. The number of carbonyl (C=O) groups is 1. The summed E-state index contributed by atoms with van der Waals surface area (Å²) >= 11 is 0. The van der Waals surface area contributed by atoms with E-state index in [1.165, 1.54) is 7.11 Å². The first kappa shape index (κ1) is 13.9. The Morgan fingerprint density at radius 2 is 1.79 bits per heavy atom. The van der Waals surface area contributed by atoms with Crippen LogP contribution in [0.3, 0.4) is 0 Å². The minimum absolute atomic E-state index is 0.0577. The van der Waals surface area contributed by atoms with Crippen LogP contribution in [0.5, 0.6) is 11.5 Å². The van der Waals surface area contributed by atoms with E-state index in [0.29, 0.717) is 41.7 Å². The summed E-state index contributed by atoms with van der Waals surface area (Å²) in [6.07, 6.45) is 0. The maximum absolute atomic E-state index is 12.3. The molecule has 0 bridgehead atoms. The zero-order chi connectivity index (χ0) is 13.8. The molecule has 1 aromatic rings. The fraction of sp³-hybridized carbons (Fsp3) is 0.462. The second-order valence-electron chi connectivity index (χ2n) is 4.21. The minimum Gasteiger partial charge on any atom is -0.493 e. The highest BCUT2D eigenvalue weighted by Crippen LogP contribution is 2.28. The van der Waals surface area contributed by atoms with E-state index in [9.17, 15) is 9.00 Å². The Bertz CT molecular complexity index is 493. The molecule has 1 aliphatic heterocycles. The highest BCUT2D eigenvalue weighted by Gasteiger charge is 2.22. The summed E-state index contributed by atoms with van der Waals surface area (Å²) in [7, 11) is 2.31. The maximum atomic E-state index is 12.3. The van der Waals surface area contributed by atoms with E-state index in [4.69, 9.17) is 9.47 Å². The molecular formula is C13H17NO4S. The van der Waals surface area contributed by atoms with E-state index in [-0.39, 0.29) is 5.91 Å². The lowest BCUT2D eigenvalue weighted by atomic mass is 10.1. The van der Waals surface area contributed by atoms with E-state index < -0.39 is 10.8 Å². The van der Waals surface area contributed by atoms with Gasteiger partial charge in [-0.15, -0.1) is 0 Å². The van der Waals surface area contributed by atoms with Crippen LogP contribution in [0.15, 0.2) is 18.2 Å². The first-order valence-corrected chi connectivity index (χ1v) is 7.51. The highest BCUT2D eigenvalue weighted by molar-refractivity contribution is 7.85. The molecule has 0 radical (unpaired) electrons. The monoisotopic (exact) mass is 283 g/mol. The first-order chi connectivity index (χ1) is 9.15. The topological polar surface area (TPSA) is 55.8 Å². The minimum atomic E-state index is -0.784. The Hall–Kier alpha value is -1.56. The third kappa shape index (κ3) is 3.07. The molecule has 1 fully saturated rings. The number of ether oxygens (including phenoxy) is 2. The van der Waals surface area contributed by atoms with Gasteiger partial charge in [-0.3, -0.25) is 9.00 Å². The van der Waals surface area contributed by atoms with E-state index in [2.05, 4.69) is 0 Å². The zero-order valence-electron chi connectivity index (χ0n) is 11.0. The van der Waals surface area contributed by atoms with Crippen LogP contribution < -0.4 is 9.47 Å². The van der Waals surface area contributed by atoms with E-state index in [1.807, 2.05) is 0 Å². The summed E-state index contributed by atoms with van der Waals surface area (Å²) < 4.78 is 21.6. The smallest absolute Gasteiger partial charge is 0.254 e. The van der Waals surface area contributed by atoms with Crippen molar-refractivity contribution in [2.45, 2.75) is 0 Å². The van der Waals surface area contributed by atoms with Crippen molar-refractivity contribution in [3.8, 4) is 11.5 Å². The van der Waals surface area contributed by atoms with Crippen molar-refractivity contribution in [3.63, 3.8) is 0 Å². The summed E-state index contributed by atoms with van der Waals surface area (Å²) in [5.41, 5.74) is 0.560. The molecule has 0 spiro atoms. The Labute approximate surface area is 115 Å². The lowest BCUT2D eigenvalue weighted by molar-refractivity contribution is 0.0771. The van der Waals surface area contributed by atoms with Gasteiger partial charge in [0.25, 0.3) is 5.91 Å². The second kappa shape index (κ2) is 6.06. The third-order valence-electron chi connectivity index (χ3n) is 3.10. The van der Waals surface area contributed by atoms with Crippen LogP contribution in [0.2, 0.25) is 0 Å². The number of carbonyl (C=O) groups excluding carboxylic acids is 1. The van der Waals surface area contributed by atoms with Gasteiger partial charge in [-0.25, -0.2) is 0 Å². The molecule has 0 aliphatic carbocycles. The van der Waals surface area contributed by atoms with Crippen molar-refractivity contribution in [2.24, 2.45) is 0 Å². The second-order valence-corrected chi connectivity index (χ2v) is 5.91. The normalized spacial score (nSPS) is 16.2. The number of rotatable bonds is 3. The molecule has 2 rings (SSSR count). The average Bonchev–Trinajstić information content (AvgIpc) is 2.46. The summed E-state index contributed by atoms with van der Waals surface area (Å²) in [4.78, 5) is 14.0. The van der Waals surface area contributed by atoms with Gasteiger partial charge in [0.1, 0.15) is 0 Å². The molecule has 104 valence electrons. The molecule has 0 saturated carbocycles. The largest absolute Gasteiger partial charge is 0.493 e. The van der Waals surface area contributed by atoms with Crippen molar-refractivity contribution in [1.82, 2.24) is 4.90 Å². The van der Waals surface area contributed by atoms with Crippen LogP contribution in [-0.2, 0) is 10.8 Å². The van der Waals surface area contributed by atoms with Gasteiger partial charge in [-0.1, -0.05) is 0 Å². The predicted molar refractivity (Wildman–Crippen MR) is 73.3 cm³/mol. The van der Waals surface area contributed by atoms with Gasteiger partial charge in [-0.2, -0.15) is 0 Å². The van der Waals surface area contributed by atoms with Gasteiger partial charge in [0.05, 0.1) is 14.2 Å². The third-order valence-corrected chi connectivity index (χ3v) is 4.37. The van der Waals surface area contributed by atoms with Crippen LogP contribution in [0.1, 0.15) is 10.4 Å². The zero-order valence-corrected chi connectivity index (χ0v) is 11.9. The van der Waals surface area contributed by atoms with Crippen molar-refractivity contribution in [3.05, 3.63) is 23.8 Å². The number of amides is 1. The van der Waals surface area contributed by atoms with Gasteiger partial charge in [0.15, 0.2) is 11.5 Å². The van der Waals surface area contributed by atoms with Gasteiger partial charge in [0.2, 0.25) is 0 Å². The molecule has 1 aliphatic rings. The van der Waals surface area contributed by atoms with E-state index in [0.717, 1.165) is 0 Å². The van der Waals surface area contributed by atoms with Crippen LogP contribution in [0.25, 0.3) is 0 Å². The predicted octanol–water partition coefficient (Wildman–Crippen LogP) is 0.908. The number of hydrogen-bond donors (Lipinski definition) is 0. The van der Waals surface area contributed by atoms with Crippen molar-refractivity contribution in [1.29, 1.82) is 0 Å². The van der Waals surface area contributed by atoms with Crippen LogP contribution in [0, 0.1) is 0 Å². The molecular weight excluding hydrogens is 266 g/mol. The van der Waals surface area contributed by atoms with Gasteiger partial charge < -0.3 is 14.4 Å². The summed E-state index contributed by atoms with van der Waals surface area (Å²) in [6.45, 7) is 1.08. The lowest BCUT2D eigenvalue weighted by Gasteiger charge is -2.26. The van der Waals surface area contributed by atoms with Crippen LogP contribution >= 0.6 is 0 Å². The number of benzene rings is 1. The molecule has 19 heavy (non-hydrogen) atoms. The molecule has 0 N–H and O–H groups in total. The Morgan fingerprint density at radius 1 is 1.16 bits per heavy atom. The maximum Gasteiger partial charge on any atom is 0.254 e. The quantitative estimate of drug-likeness (QED) is 0.827. The van der Waals surface area contributed by atoms with Crippen molar-refractivity contribution in [2.75, 3.05) is 38.8 Å². The Morgan fingerprint density at radius 3 is 2.37 bits per heavy atom. The van der Waals surface area contributed by atoms with Crippen molar-refractivity contribution >= 4 is 16.7 Å². The standard InChI is InChI=1S/C13H17NO4S/c1-17-11-4-3-10(9-12(11)18-2)13(15)14-5-7-19(16)8-6-14/h3-4,9H,5-8H2,1-2H3. The van der Waals surface area contributed by atoms with Gasteiger partial charge >= 0.3 is 0 Å². The van der Waals surface area contributed by atoms with E-state index >= 15 is 0 Å². The molecule has 0 unspecified atom stereocenters. The fourth-order valence-electron chi connectivity index (χ4n) is 1.99. The van der Waals surface area contributed by atoms with Crippen LogP contribution in [0.4, 0.5) is 0 Å². The van der Waals surface area contributed by atoms with E-state index in [1.54, 1.807) is 30.2 Å².